The molecule has 5 nitrogen and oxygen atoms in total. The number of hydrogen-bond donors (Lipinski definition) is 1. The quantitative estimate of drug-likeness (QED) is 0.254. The van der Waals surface area contributed by atoms with E-state index in [0.717, 1.165) is 22.1 Å². The zero-order valence-corrected chi connectivity index (χ0v) is 18.1. The molecular weight excluding hydrogens is 412 g/mol. The number of carbonyl (C=O) groups is 2. The topological polar surface area (TPSA) is 59.8 Å². The summed E-state index contributed by atoms with van der Waals surface area (Å²) < 4.78 is 7.02. The molecule has 0 unspecified atom stereocenters. The van der Waals surface area contributed by atoms with Gasteiger partial charge in [-0.05, 0) is 54.1 Å². The molecule has 33 heavy (non-hydrogen) atoms. The number of pyridine rings is 1. The molecule has 5 rings (SSSR count). The minimum atomic E-state index is -0.454. The Morgan fingerprint density at radius 1 is 0.818 bits per heavy atom. The number of anilines is 2. The van der Waals surface area contributed by atoms with Crippen LogP contribution in [0.5, 0.6) is 0 Å². The molecule has 3 aromatic carbocycles. The summed E-state index contributed by atoms with van der Waals surface area (Å²) >= 11 is 0. The van der Waals surface area contributed by atoms with E-state index < -0.39 is 5.97 Å². The Hall–Kier alpha value is -4.38. The van der Waals surface area contributed by atoms with Crippen LogP contribution in [0.3, 0.4) is 0 Å². The van der Waals surface area contributed by atoms with Crippen molar-refractivity contribution in [2.45, 2.75) is 6.92 Å². The third kappa shape index (κ3) is 3.96. The van der Waals surface area contributed by atoms with Crippen molar-refractivity contribution in [1.82, 2.24) is 4.40 Å². The van der Waals surface area contributed by atoms with Crippen LogP contribution in [-0.4, -0.2) is 22.8 Å². The summed E-state index contributed by atoms with van der Waals surface area (Å²) in [5, 5.41) is 5.39. The van der Waals surface area contributed by atoms with Gasteiger partial charge in [0.2, 0.25) is 5.78 Å². The Balaban J connectivity index is 1.60. The van der Waals surface area contributed by atoms with E-state index in [1.165, 1.54) is 0 Å². The van der Waals surface area contributed by atoms with E-state index in [9.17, 15) is 9.59 Å². The van der Waals surface area contributed by atoms with Crippen LogP contribution in [0.2, 0.25) is 0 Å². The van der Waals surface area contributed by atoms with E-state index in [-0.39, 0.29) is 12.4 Å². The maximum absolute atomic E-state index is 13.5. The van der Waals surface area contributed by atoms with Gasteiger partial charge in [-0.2, -0.15) is 0 Å². The summed E-state index contributed by atoms with van der Waals surface area (Å²) in [5.74, 6) is -0.612. The molecule has 5 aromatic rings. The van der Waals surface area contributed by atoms with Crippen molar-refractivity contribution in [3.8, 4) is 0 Å². The minimum absolute atomic E-state index is 0.157. The zero-order valence-electron chi connectivity index (χ0n) is 18.1. The SMILES string of the molecule is CCOC(=O)c1cc(C(=O)c2ccc3ccccc3c2)n2ccc(Nc3ccccc3)cc12. The van der Waals surface area contributed by atoms with E-state index in [2.05, 4.69) is 5.32 Å². The predicted molar refractivity (Wildman–Crippen MR) is 130 cm³/mol. The number of ketones is 1. The first kappa shape index (κ1) is 20.5. The second kappa shape index (κ2) is 8.63. The molecule has 0 saturated carbocycles. The number of esters is 1. The average Bonchev–Trinajstić information content (AvgIpc) is 3.23. The van der Waals surface area contributed by atoms with Gasteiger partial charge in [0, 0.05) is 23.1 Å². The van der Waals surface area contributed by atoms with E-state index >= 15 is 0 Å². The highest BCUT2D eigenvalue weighted by Crippen LogP contribution is 2.26. The second-order valence-corrected chi connectivity index (χ2v) is 7.72. The number of benzene rings is 3. The van der Waals surface area contributed by atoms with E-state index in [1.807, 2.05) is 84.9 Å². The first-order valence-electron chi connectivity index (χ1n) is 10.8. The van der Waals surface area contributed by atoms with Gasteiger partial charge in [0.1, 0.15) is 0 Å². The first-order chi connectivity index (χ1) is 16.1. The lowest BCUT2D eigenvalue weighted by molar-refractivity contribution is 0.0529. The molecule has 0 atom stereocenters. The van der Waals surface area contributed by atoms with Crippen LogP contribution < -0.4 is 5.32 Å². The highest BCUT2D eigenvalue weighted by molar-refractivity contribution is 6.12. The molecule has 0 aliphatic heterocycles. The molecule has 0 amide bonds. The van der Waals surface area contributed by atoms with E-state index in [0.29, 0.717) is 22.3 Å². The average molecular weight is 434 g/mol. The molecule has 0 radical (unpaired) electrons. The number of ether oxygens (including phenoxy) is 1. The Bertz CT molecular complexity index is 1490. The minimum Gasteiger partial charge on any atom is -0.462 e. The van der Waals surface area contributed by atoms with Crippen molar-refractivity contribution in [2.75, 3.05) is 11.9 Å². The van der Waals surface area contributed by atoms with Gasteiger partial charge in [0.25, 0.3) is 0 Å². The van der Waals surface area contributed by atoms with Crippen molar-refractivity contribution >= 4 is 39.4 Å². The number of para-hydroxylation sites is 1. The maximum Gasteiger partial charge on any atom is 0.340 e. The fraction of sp³-hybridized carbons (Fsp3) is 0.0714. The molecular formula is C28H22N2O3. The van der Waals surface area contributed by atoms with Crippen molar-refractivity contribution in [1.29, 1.82) is 0 Å². The van der Waals surface area contributed by atoms with Crippen LogP contribution in [0, 0.1) is 0 Å². The molecule has 162 valence electrons. The Labute approximate surface area is 191 Å². The molecule has 0 aliphatic rings. The standard InChI is InChI=1S/C28H22N2O3/c1-2-33-28(32)24-18-26(27(31)21-13-12-19-8-6-7-9-20(19)16-21)30-15-14-23(17-25(24)30)29-22-10-4-3-5-11-22/h3-18,29H,2H2,1H3. The second-order valence-electron chi connectivity index (χ2n) is 7.72. The first-order valence-corrected chi connectivity index (χ1v) is 10.8. The normalized spacial score (nSPS) is 10.9. The van der Waals surface area contributed by atoms with Gasteiger partial charge >= 0.3 is 5.97 Å². The predicted octanol–water partition coefficient (Wildman–Crippen LogP) is 6.24. The van der Waals surface area contributed by atoms with Gasteiger partial charge < -0.3 is 14.5 Å². The molecule has 0 bridgehead atoms. The van der Waals surface area contributed by atoms with Gasteiger partial charge in [-0.25, -0.2) is 4.79 Å². The van der Waals surface area contributed by atoms with Gasteiger partial charge in [-0.15, -0.1) is 0 Å². The molecule has 0 aliphatic carbocycles. The number of fused-ring (bicyclic) bond motifs is 2. The summed E-state index contributed by atoms with van der Waals surface area (Å²) in [5.41, 5.74) is 3.68. The number of carbonyl (C=O) groups excluding carboxylic acids is 2. The molecule has 1 N–H and O–H groups in total. The monoisotopic (exact) mass is 434 g/mol. The summed E-state index contributed by atoms with van der Waals surface area (Å²) in [4.78, 5) is 26.2. The smallest absolute Gasteiger partial charge is 0.340 e. The van der Waals surface area contributed by atoms with Crippen molar-refractivity contribution in [2.24, 2.45) is 0 Å². The lowest BCUT2D eigenvalue weighted by Crippen LogP contribution is -2.05. The molecule has 5 heteroatoms. The van der Waals surface area contributed by atoms with Crippen molar-refractivity contribution < 1.29 is 14.3 Å². The Kier molecular flexibility index (Phi) is 5.37. The number of hydrogen-bond acceptors (Lipinski definition) is 4. The number of aromatic nitrogens is 1. The van der Waals surface area contributed by atoms with Crippen LogP contribution >= 0.6 is 0 Å². The molecule has 2 heterocycles. The molecule has 2 aromatic heterocycles. The third-order valence-corrected chi connectivity index (χ3v) is 5.57. The zero-order chi connectivity index (χ0) is 22.8. The van der Waals surface area contributed by atoms with Crippen molar-refractivity contribution in [3.63, 3.8) is 0 Å². The fourth-order valence-corrected chi connectivity index (χ4v) is 3.99. The van der Waals surface area contributed by atoms with Crippen molar-refractivity contribution in [3.05, 3.63) is 114 Å². The number of rotatable bonds is 6. The highest BCUT2D eigenvalue weighted by atomic mass is 16.5. The molecule has 0 spiro atoms. The van der Waals surface area contributed by atoms with Gasteiger partial charge in [0.15, 0.2) is 0 Å². The summed E-state index contributed by atoms with van der Waals surface area (Å²) in [6.07, 6.45) is 1.80. The number of nitrogens with one attached hydrogen (secondary N) is 1. The van der Waals surface area contributed by atoms with E-state index in [1.54, 1.807) is 23.6 Å². The maximum atomic E-state index is 13.5. The lowest BCUT2D eigenvalue weighted by atomic mass is 10.0. The Morgan fingerprint density at radius 3 is 2.36 bits per heavy atom. The highest BCUT2D eigenvalue weighted by Gasteiger charge is 2.22. The van der Waals surface area contributed by atoms with Crippen LogP contribution in [0.4, 0.5) is 11.4 Å². The molecule has 0 fully saturated rings. The Morgan fingerprint density at radius 2 is 1.58 bits per heavy atom. The third-order valence-electron chi connectivity index (χ3n) is 5.57. The van der Waals surface area contributed by atoms with Gasteiger partial charge in [-0.3, -0.25) is 4.79 Å². The van der Waals surface area contributed by atoms with Crippen LogP contribution in [0.15, 0.2) is 97.2 Å². The summed E-state index contributed by atoms with van der Waals surface area (Å²) in [6, 6.07) is 28.7. The lowest BCUT2D eigenvalue weighted by Gasteiger charge is -2.09. The fourth-order valence-electron chi connectivity index (χ4n) is 3.99. The van der Waals surface area contributed by atoms with Crippen LogP contribution in [0.1, 0.15) is 33.3 Å². The van der Waals surface area contributed by atoms with Gasteiger partial charge in [0.05, 0.1) is 23.4 Å². The van der Waals surface area contributed by atoms with Gasteiger partial charge in [-0.1, -0.05) is 54.6 Å². The van der Waals surface area contributed by atoms with E-state index in [4.69, 9.17) is 4.74 Å². The molecule has 0 saturated heterocycles. The largest absolute Gasteiger partial charge is 0.462 e. The summed E-state index contributed by atoms with van der Waals surface area (Å²) in [6.45, 7) is 2.02. The number of nitrogens with zero attached hydrogens (tertiary/aromatic N) is 1. The van der Waals surface area contributed by atoms with Crippen LogP contribution in [-0.2, 0) is 4.74 Å². The van der Waals surface area contributed by atoms with Crippen LogP contribution in [0.25, 0.3) is 16.3 Å². The summed E-state index contributed by atoms with van der Waals surface area (Å²) in [7, 11) is 0.